The fourth-order valence-electron chi connectivity index (χ4n) is 3.16. The fourth-order valence-corrected chi connectivity index (χ4v) is 3.16. The average Bonchev–Trinajstić information content (AvgIpc) is 3.28. The second-order valence-corrected chi connectivity index (χ2v) is 6.14. The van der Waals surface area contributed by atoms with E-state index < -0.39 is 22.4 Å². The van der Waals surface area contributed by atoms with Crippen molar-refractivity contribution in [1.82, 2.24) is 4.90 Å². The maximum atomic E-state index is 12.8. The number of likely N-dealkylation sites (tertiary alicyclic amines) is 1. The van der Waals surface area contributed by atoms with E-state index in [0.29, 0.717) is 18.4 Å². The first kappa shape index (κ1) is 18.2. The highest BCUT2D eigenvalue weighted by atomic mass is 19.4. The second-order valence-electron chi connectivity index (χ2n) is 6.14. The number of hydrogen-bond acceptors (Lipinski definition) is 5. The molecular weight excluding hydrogens is 351 g/mol. The van der Waals surface area contributed by atoms with Crippen LogP contribution in [-0.2, 0) is 6.18 Å². The van der Waals surface area contributed by atoms with Gasteiger partial charge in [0.2, 0.25) is 0 Å². The van der Waals surface area contributed by atoms with Gasteiger partial charge < -0.3 is 9.73 Å². The van der Waals surface area contributed by atoms with Crippen LogP contribution in [0.25, 0.3) is 0 Å². The second kappa shape index (κ2) is 7.36. The molecule has 0 amide bonds. The number of hydrogen-bond donors (Lipinski definition) is 1. The van der Waals surface area contributed by atoms with Crippen molar-refractivity contribution in [3.63, 3.8) is 0 Å². The van der Waals surface area contributed by atoms with Gasteiger partial charge in [0.05, 0.1) is 22.8 Å². The lowest BCUT2D eigenvalue weighted by molar-refractivity contribution is -0.384. The summed E-state index contributed by atoms with van der Waals surface area (Å²) in [7, 11) is 0. The highest BCUT2D eigenvalue weighted by Crippen LogP contribution is 2.35. The van der Waals surface area contributed by atoms with Gasteiger partial charge in [-0.2, -0.15) is 13.2 Å². The van der Waals surface area contributed by atoms with Crippen LogP contribution < -0.4 is 5.32 Å². The van der Waals surface area contributed by atoms with E-state index in [4.69, 9.17) is 4.42 Å². The number of nitrogens with one attached hydrogen (secondary N) is 1. The van der Waals surface area contributed by atoms with Gasteiger partial charge in [-0.05, 0) is 50.2 Å². The Morgan fingerprint density at radius 3 is 2.58 bits per heavy atom. The van der Waals surface area contributed by atoms with Crippen molar-refractivity contribution >= 4 is 11.4 Å². The molecule has 2 aromatic rings. The first-order valence-electron chi connectivity index (χ1n) is 8.23. The van der Waals surface area contributed by atoms with E-state index in [1.165, 1.54) is 0 Å². The summed E-state index contributed by atoms with van der Waals surface area (Å²) in [4.78, 5) is 12.6. The minimum atomic E-state index is -4.63. The number of nitro benzene ring substituents is 1. The summed E-state index contributed by atoms with van der Waals surface area (Å²) < 4.78 is 43.9. The lowest BCUT2D eigenvalue weighted by Gasteiger charge is -2.26. The Bertz CT molecular complexity index is 756. The van der Waals surface area contributed by atoms with Gasteiger partial charge in [0.25, 0.3) is 5.69 Å². The molecule has 1 aromatic heterocycles. The zero-order chi connectivity index (χ0) is 18.7. The molecule has 140 valence electrons. The molecule has 3 rings (SSSR count). The third-order valence-electron chi connectivity index (χ3n) is 4.46. The summed E-state index contributed by atoms with van der Waals surface area (Å²) in [5.74, 6) is 0.717. The molecule has 0 radical (unpaired) electrons. The molecule has 0 bridgehead atoms. The van der Waals surface area contributed by atoms with Gasteiger partial charge in [0.15, 0.2) is 0 Å². The predicted molar refractivity (Wildman–Crippen MR) is 88.8 cm³/mol. The minimum absolute atomic E-state index is 0.0544. The van der Waals surface area contributed by atoms with Crippen molar-refractivity contribution in [3.05, 3.63) is 58.0 Å². The van der Waals surface area contributed by atoms with Crippen molar-refractivity contribution in [3.8, 4) is 0 Å². The van der Waals surface area contributed by atoms with Crippen LogP contribution in [-0.4, -0.2) is 29.5 Å². The van der Waals surface area contributed by atoms with Crippen molar-refractivity contribution in [2.24, 2.45) is 0 Å². The van der Waals surface area contributed by atoms with Crippen LogP contribution in [0.2, 0.25) is 0 Å². The molecule has 0 saturated carbocycles. The van der Waals surface area contributed by atoms with Gasteiger partial charge in [-0.1, -0.05) is 0 Å². The zero-order valence-electron chi connectivity index (χ0n) is 13.8. The van der Waals surface area contributed by atoms with E-state index in [1.807, 2.05) is 6.07 Å². The summed E-state index contributed by atoms with van der Waals surface area (Å²) in [6.07, 6.45) is -0.968. The molecule has 1 saturated heterocycles. The fraction of sp³-hybridized carbons (Fsp3) is 0.412. The normalized spacial score (nSPS) is 16.6. The molecular formula is C17H18F3N3O3. The Hall–Kier alpha value is -2.55. The van der Waals surface area contributed by atoms with Gasteiger partial charge in [-0.3, -0.25) is 15.0 Å². The van der Waals surface area contributed by atoms with E-state index >= 15 is 0 Å². The summed E-state index contributed by atoms with van der Waals surface area (Å²) in [6.45, 7) is 2.05. The van der Waals surface area contributed by atoms with Crippen molar-refractivity contribution in [2.75, 3.05) is 25.0 Å². The Balaban J connectivity index is 1.81. The number of furan rings is 1. The monoisotopic (exact) mass is 369 g/mol. The summed E-state index contributed by atoms with van der Waals surface area (Å²) in [6, 6.07) is 5.94. The van der Waals surface area contributed by atoms with Gasteiger partial charge in [0.1, 0.15) is 11.4 Å². The maximum Gasteiger partial charge on any atom is 0.416 e. The summed E-state index contributed by atoms with van der Waals surface area (Å²) in [5.41, 5.74) is -1.59. The van der Waals surface area contributed by atoms with Crippen molar-refractivity contribution < 1.29 is 22.5 Å². The molecule has 2 heterocycles. The first-order valence-corrected chi connectivity index (χ1v) is 8.23. The molecule has 0 aliphatic carbocycles. The lowest BCUT2D eigenvalue weighted by Crippen LogP contribution is -2.30. The molecule has 1 fully saturated rings. The molecule has 1 aromatic carbocycles. The zero-order valence-corrected chi connectivity index (χ0v) is 13.8. The SMILES string of the molecule is O=[N+]([O-])c1cc(C(F)(F)F)ccc1NCC(c1ccco1)N1CCCC1. The van der Waals surface area contributed by atoms with E-state index in [1.54, 1.807) is 12.3 Å². The smallest absolute Gasteiger partial charge is 0.416 e. The first-order chi connectivity index (χ1) is 12.4. The van der Waals surface area contributed by atoms with Crippen LogP contribution in [0.5, 0.6) is 0 Å². The van der Waals surface area contributed by atoms with Gasteiger partial charge in [0, 0.05) is 12.6 Å². The number of alkyl halides is 3. The van der Waals surface area contributed by atoms with E-state index in [0.717, 1.165) is 38.1 Å². The van der Waals surface area contributed by atoms with Crippen LogP contribution in [0.4, 0.5) is 24.5 Å². The largest absolute Gasteiger partial charge is 0.468 e. The van der Waals surface area contributed by atoms with E-state index in [2.05, 4.69) is 10.2 Å². The number of rotatable bonds is 6. The third-order valence-corrected chi connectivity index (χ3v) is 4.46. The standard InChI is InChI=1S/C17H18F3N3O3/c18-17(19,20)12-5-6-13(14(10-12)23(24)25)21-11-15(16-4-3-9-26-16)22-7-1-2-8-22/h3-6,9-10,15,21H,1-2,7-8,11H2. The van der Waals surface area contributed by atoms with E-state index in [9.17, 15) is 23.3 Å². The van der Waals surface area contributed by atoms with Crippen LogP contribution in [0.3, 0.4) is 0 Å². The number of halogens is 3. The minimum Gasteiger partial charge on any atom is -0.468 e. The highest BCUT2D eigenvalue weighted by molar-refractivity contribution is 5.63. The molecule has 0 spiro atoms. The number of anilines is 1. The molecule has 1 N–H and O–H groups in total. The molecule has 26 heavy (non-hydrogen) atoms. The Morgan fingerprint density at radius 1 is 1.27 bits per heavy atom. The maximum absolute atomic E-state index is 12.8. The molecule has 9 heteroatoms. The van der Waals surface area contributed by atoms with Gasteiger partial charge in [-0.15, -0.1) is 0 Å². The highest BCUT2D eigenvalue weighted by Gasteiger charge is 2.33. The number of benzene rings is 1. The molecule has 1 aliphatic rings. The van der Waals surface area contributed by atoms with Crippen LogP contribution in [0.1, 0.15) is 30.2 Å². The van der Waals surface area contributed by atoms with Crippen LogP contribution in [0, 0.1) is 10.1 Å². The summed E-state index contributed by atoms with van der Waals surface area (Å²) in [5, 5.41) is 14.1. The van der Waals surface area contributed by atoms with Crippen LogP contribution in [0.15, 0.2) is 41.0 Å². The molecule has 1 aliphatic heterocycles. The molecule has 1 atom stereocenters. The predicted octanol–water partition coefficient (Wildman–Crippen LogP) is 4.46. The summed E-state index contributed by atoms with van der Waals surface area (Å²) >= 11 is 0. The van der Waals surface area contributed by atoms with Crippen molar-refractivity contribution in [2.45, 2.75) is 25.1 Å². The Morgan fingerprint density at radius 2 is 2.00 bits per heavy atom. The van der Waals surface area contributed by atoms with Crippen molar-refractivity contribution in [1.29, 1.82) is 0 Å². The third kappa shape index (κ3) is 3.98. The average molecular weight is 369 g/mol. The lowest BCUT2D eigenvalue weighted by atomic mass is 10.1. The van der Waals surface area contributed by atoms with Gasteiger partial charge in [-0.25, -0.2) is 0 Å². The number of nitrogens with zero attached hydrogens (tertiary/aromatic N) is 2. The molecule has 6 nitrogen and oxygen atoms in total. The van der Waals surface area contributed by atoms with Crippen LogP contribution >= 0.6 is 0 Å². The quantitative estimate of drug-likeness (QED) is 0.601. The van der Waals surface area contributed by atoms with E-state index in [-0.39, 0.29) is 11.7 Å². The Labute approximate surface area is 147 Å². The topological polar surface area (TPSA) is 71.5 Å². The molecule has 1 unspecified atom stereocenters. The van der Waals surface area contributed by atoms with Gasteiger partial charge >= 0.3 is 6.18 Å². The Kier molecular flexibility index (Phi) is 5.17. The number of nitro groups is 1.